The molecular formula is C55H42N2. The first-order valence-corrected chi connectivity index (χ1v) is 19.4. The number of para-hydroxylation sites is 3. The van der Waals surface area contributed by atoms with Crippen LogP contribution >= 0.6 is 0 Å². The van der Waals surface area contributed by atoms with Crippen LogP contribution in [-0.2, 0) is 5.41 Å². The van der Waals surface area contributed by atoms with Gasteiger partial charge in [-0.3, -0.25) is 0 Å². The van der Waals surface area contributed by atoms with Gasteiger partial charge in [-0.15, -0.1) is 0 Å². The maximum Gasteiger partial charge on any atom is 0.0645 e. The fourth-order valence-corrected chi connectivity index (χ4v) is 8.52. The molecule has 9 aromatic rings. The average Bonchev–Trinajstić information content (AvgIpc) is 3.75. The lowest BCUT2D eigenvalue weighted by Crippen LogP contribution is -2.15. The molecule has 10 rings (SSSR count). The Labute approximate surface area is 342 Å². The second-order valence-corrected chi connectivity index (χ2v) is 15.0. The summed E-state index contributed by atoms with van der Waals surface area (Å²) in [5, 5.41) is 0.940. The number of hydrogen-bond donors (Lipinski definition) is 0. The number of anilines is 3. The fourth-order valence-electron chi connectivity index (χ4n) is 8.52. The van der Waals surface area contributed by atoms with Crippen molar-refractivity contribution in [2.75, 3.05) is 4.90 Å². The van der Waals surface area contributed by atoms with Crippen LogP contribution in [0.5, 0.6) is 0 Å². The molecule has 2 nitrogen and oxygen atoms in total. The zero-order chi connectivity index (χ0) is 42.7. The van der Waals surface area contributed by atoms with E-state index in [-0.39, 0.29) is 29.9 Å². The van der Waals surface area contributed by atoms with E-state index in [0.717, 1.165) is 78.2 Å². The van der Waals surface area contributed by atoms with Gasteiger partial charge in [0.05, 0.1) is 18.1 Å². The molecule has 272 valence electrons. The monoisotopic (exact) mass is 735 g/mol. The second-order valence-electron chi connectivity index (χ2n) is 15.0. The summed E-state index contributed by atoms with van der Waals surface area (Å²) in [4.78, 5) is 2.26. The van der Waals surface area contributed by atoms with Gasteiger partial charge in [-0.05, 0) is 105 Å². The Morgan fingerprint density at radius 3 is 1.67 bits per heavy atom. The Bertz CT molecular complexity index is 3110. The maximum atomic E-state index is 9.18. The van der Waals surface area contributed by atoms with E-state index in [0.29, 0.717) is 0 Å². The third-order valence-corrected chi connectivity index (χ3v) is 11.3. The fraction of sp³-hybridized carbons (Fsp3) is 0.0545. The summed E-state index contributed by atoms with van der Waals surface area (Å²) in [6.07, 6.45) is 4.33. The van der Waals surface area contributed by atoms with E-state index in [1.807, 2.05) is 65.2 Å². The van der Waals surface area contributed by atoms with Crippen LogP contribution in [0.25, 0.3) is 62.3 Å². The Hall–Kier alpha value is -7.16. The van der Waals surface area contributed by atoms with Crippen LogP contribution in [0.3, 0.4) is 0 Å². The van der Waals surface area contributed by atoms with Gasteiger partial charge >= 0.3 is 0 Å². The Morgan fingerprint density at radius 2 is 1.04 bits per heavy atom. The standard InChI is InChI=1S/C55H42N2/c1-55(2)50-36-40(29-28-39-30-33-46(34-31-39)56(43-22-12-5-13-23-43)44-24-14-6-15-25-44)32-35-47(50)48-37-49-52(38-51(48)55)57(45-26-16-7-17-27-45)54(42-20-10-4-11-21-42)53(49)41-18-8-3-9-19-41/h3-38H,1-2H3/b29-28+/i7D,16D,17D,26D,27D. The lowest BCUT2D eigenvalue weighted by Gasteiger charge is -2.25. The summed E-state index contributed by atoms with van der Waals surface area (Å²) in [5.41, 5.74) is 14.1. The predicted octanol–water partition coefficient (Wildman–Crippen LogP) is 14.9. The van der Waals surface area contributed by atoms with Crippen molar-refractivity contribution >= 4 is 40.1 Å². The molecule has 0 aliphatic heterocycles. The molecule has 0 spiro atoms. The Balaban J connectivity index is 1.09. The molecule has 1 aliphatic carbocycles. The van der Waals surface area contributed by atoms with Gasteiger partial charge < -0.3 is 9.47 Å². The van der Waals surface area contributed by atoms with Crippen LogP contribution in [0.15, 0.2) is 206 Å². The molecule has 2 heteroatoms. The maximum absolute atomic E-state index is 9.18. The minimum Gasteiger partial charge on any atom is -0.311 e. The SMILES string of the molecule is [2H]c1c([2H])c([2H])c(-n2c(-c3ccccc3)c(-c3ccccc3)c3cc4c(cc32)C(C)(C)c2cc(/C=C/c3ccc(N(c5ccccc5)c5ccccc5)cc3)ccc2-4)c([2H])c1[2H]. The number of rotatable bonds is 8. The molecule has 0 N–H and O–H groups in total. The van der Waals surface area contributed by atoms with Gasteiger partial charge in [0.15, 0.2) is 0 Å². The topological polar surface area (TPSA) is 8.17 Å². The van der Waals surface area contributed by atoms with Gasteiger partial charge in [-0.1, -0.05) is 172 Å². The summed E-state index contributed by atoms with van der Waals surface area (Å²) in [7, 11) is 0. The minimum absolute atomic E-state index is 0.128. The smallest absolute Gasteiger partial charge is 0.0645 e. The van der Waals surface area contributed by atoms with E-state index in [9.17, 15) is 2.74 Å². The number of benzene rings is 8. The highest BCUT2D eigenvalue weighted by atomic mass is 15.1. The molecule has 0 amide bonds. The first-order chi connectivity index (χ1) is 30.1. The molecule has 0 radical (unpaired) electrons. The molecule has 1 heterocycles. The summed E-state index contributed by atoms with van der Waals surface area (Å²) < 4.78 is 46.1. The van der Waals surface area contributed by atoms with Gasteiger partial charge in [-0.2, -0.15) is 0 Å². The zero-order valence-electron chi connectivity index (χ0n) is 36.8. The van der Waals surface area contributed by atoms with Gasteiger partial charge in [0.25, 0.3) is 0 Å². The number of hydrogen-bond acceptors (Lipinski definition) is 1. The largest absolute Gasteiger partial charge is 0.311 e. The molecule has 1 aromatic heterocycles. The average molecular weight is 736 g/mol. The van der Waals surface area contributed by atoms with E-state index in [2.05, 4.69) is 146 Å². The first-order valence-electron chi connectivity index (χ1n) is 21.9. The number of aromatic nitrogens is 1. The van der Waals surface area contributed by atoms with Crippen molar-refractivity contribution in [1.29, 1.82) is 0 Å². The van der Waals surface area contributed by atoms with Crippen LogP contribution in [0.2, 0.25) is 0 Å². The summed E-state index contributed by atoms with van der Waals surface area (Å²) in [6, 6.07) is 59.1. The van der Waals surface area contributed by atoms with Crippen molar-refractivity contribution in [3.63, 3.8) is 0 Å². The van der Waals surface area contributed by atoms with Crippen LogP contribution in [0, 0.1) is 0 Å². The molecule has 0 unspecified atom stereocenters. The summed E-state index contributed by atoms with van der Waals surface area (Å²) in [6.45, 7) is 4.49. The Kier molecular flexibility index (Phi) is 7.25. The van der Waals surface area contributed by atoms with E-state index in [1.165, 1.54) is 5.56 Å². The van der Waals surface area contributed by atoms with Gasteiger partial charge in [0.2, 0.25) is 0 Å². The summed E-state index contributed by atoms with van der Waals surface area (Å²) >= 11 is 0. The highest BCUT2D eigenvalue weighted by Gasteiger charge is 2.37. The van der Waals surface area contributed by atoms with Crippen molar-refractivity contribution in [1.82, 2.24) is 4.57 Å². The lowest BCUT2D eigenvalue weighted by atomic mass is 9.81. The van der Waals surface area contributed by atoms with Crippen molar-refractivity contribution < 1.29 is 6.85 Å². The van der Waals surface area contributed by atoms with Crippen molar-refractivity contribution in [2.45, 2.75) is 19.3 Å². The van der Waals surface area contributed by atoms with Crippen molar-refractivity contribution in [3.8, 4) is 39.2 Å². The van der Waals surface area contributed by atoms with Gasteiger partial charge in [-0.25, -0.2) is 0 Å². The quantitative estimate of drug-likeness (QED) is 0.141. The highest BCUT2D eigenvalue weighted by molar-refractivity contribution is 6.08. The van der Waals surface area contributed by atoms with Crippen LogP contribution in [0.1, 0.15) is 43.0 Å². The van der Waals surface area contributed by atoms with Gasteiger partial charge in [0.1, 0.15) is 0 Å². The Morgan fingerprint density at radius 1 is 0.509 bits per heavy atom. The molecule has 0 bridgehead atoms. The minimum atomic E-state index is -0.415. The molecule has 57 heavy (non-hydrogen) atoms. The number of fused-ring (bicyclic) bond motifs is 4. The first kappa shape index (κ1) is 29.2. The molecule has 8 aromatic carbocycles. The van der Waals surface area contributed by atoms with Gasteiger partial charge in [0, 0.05) is 39.1 Å². The highest BCUT2D eigenvalue weighted by Crippen LogP contribution is 2.53. The number of nitrogens with zero attached hydrogens (tertiary/aromatic N) is 2. The van der Waals surface area contributed by atoms with Crippen LogP contribution in [0.4, 0.5) is 17.1 Å². The third-order valence-electron chi connectivity index (χ3n) is 11.3. The zero-order valence-corrected chi connectivity index (χ0v) is 31.8. The van der Waals surface area contributed by atoms with Crippen LogP contribution < -0.4 is 4.90 Å². The lowest BCUT2D eigenvalue weighted by molar-refractivity contribution is 0.661. The molecule has 0 atom stereocenters. The van der Waals surface area contributed by atoms with E-state index < -0.39 is 11.5 Å². The van der Waals surface area contributed by atoms with Crippen molar-refractivity contribution in [3.05, 3.63) is 228 Å². The molecule has 0 saturated heterocycles. The molecule has 0 saturated carbocycles. The summed E-state index contributed by atoms with van der Waals surface area (Å²) in [5.74, 6) is 0. The molecule has 0 fully saturated rings. The van der Waals surface area contributed by atoms with E-state index in [1.54, 1.807) is 0 Å². The van der Waals surface area contributed by atoms with E-state index in [4.69, 9.17) is 4.11 Å². The van der Waals surface area contributed by atoms with E-state index >= 15 is 0 Å². The normalized spacial score (nSPS) is 14.0. The van der Waals surface area contributed by atoms with Crippen molar-refractivity contribution in [2.24, 2.45) is 0 Å². The molecule has 1 aliphatic rings. The predicted molar refractivity (Wildman–Crippen MR) is 242 cm³/mol. The van der Waals surface area contributed by atoms with Crippen LogP contribution in [-0.4, -0.2) is 4.57 Å². The second kappa shape index (κ2) is 14.2. The molecular weight excluding hydrogens is 689 g/mol. The third kappa shape index (κ3) is 6.07.